The average molecular weight is 220 g/mol. The normalized spacial score (nSPS) is 19.9. The Labute approximate surface area is 92.8 Å². The third-order valence-electron chi connectivity index (χ3n) is 2.49. The third kappa shape index (κ3) is 1.84. The standard InChI is InChI=1S/C11H12N2O3/c1-16-9-5-3-2-4-7(9)8-6-12-10(14)11(15)13-8/h2-5,8H,6H2,1H3,(H,12,14)(H,13,15). The maximum atomic E-state index is 11.2. The van der Waals surface area contributed by atoms with Crippen molar-refractivity contribution in [2.24, 2.45) is 0 Å². The number of hydrogen-bond acceptors (Lipinski definition) is 3. The second-order valence-electron chi connectivity index (χ2n) is 3.48. The van der Waals surface area contributed by atoms with Crippen molar-refractivity contribution < 1.29 is 14.3 Å². The van der Waals surface area contributed by atoms with Crippen LogP contribution < -0.4 is 15.4 Å². The minimum Gasteiger partial charge on any atom is -0.496 e. The number of carbonyl (C=O) groups excluding carboxylic acids is 2. The molecule has 1 aromatic rings. The molecule has 16 heavy (non-hydrogen) atoms. The fourth-order valence-corrected chi connectivity index (χ4v) is 1.69. The number of amides is 2. The number of rotatable bonds is 2. The zero-order chi connectivity index (χ0) is 11.5. The van der Waals surface area contributed by atoms with Crippen LogP contribution in [0.4, 0.5) is 0 Å². The van der Waals surface area contributed by atoms with E-state index in [2.05, 4.69) is 10.6 Å². The fraction of sp³-hybridized carbons (Fsp3) is 0.273. The summed E-state index contributed by atoms with van der Waals surface area (Å²) < 4.78 is 5.20. The van der Waals surface area contributed by atoms with Gasteiger partial charge in [-0.25, -0.2) is 0 Å². The SMILES string of the molecule is COc1ccccc1C1CNC(=O)C(=O)N1. The quantitative estimate of drug-likeness (QED) is 0.688. The van der Waals surface area contributed by atoms with E-state index in [1.54, 1.807) is 7.11 Å². The second-order valence-corrected chi connectivity index (χ2v) is 3.48. The second kappa shape index (κ2) is 4.22. The van der Waals surface area contributed by atoms with Gasteiger partial charge in [-0.2, -0.15) is 0 Å². The Kier molecular flexibility index (Phi) is 2.76. The summed E-state index contributed by atoms with van der Waals surface area (Å²) in [5.74, 6) is -0.503. The van der Waals surface area contributed by atoms with E-state index in [1.165, 1.54) is 0 Å². The molecule has 1 aliphatic rings. The first kappa shape index (κ1) is 10.5. The largest absolute Gasteiger partial charge is 0.496 e. The molecule has 0 bridgehead atoms. The maximum Gasteiger partial charge on any atom is 0.309 e. The number of para-hydroxylation sites is 1. The van der Waals surface area contributed by atoms with Crippen LogP contribution >= 0.6 is 0 Å². The highest BCUT2D eigenvalue weighted by atomic mass is 16.5. The number of ether oxygens (including phenoxy) is 1. The molecular formula is C11H12N2O3. The molecule has 0 aromatic heterocycles. The fourth-order valence-electron chi connectivity index (χ4n) is 1.69. The molecule has 2 rings (SSSR count). The summed E-state index contributed by atoms with van der Waals surface area (Å²) in [5.41, 5.74) is 0.860. The van der Waals surface area contributed by atoms with Crippen molar-refractivity contribution in [1.82, 2.24) is 10.6 Å². The van der Waals surface area contributed by atoms with Gasteiger partial charge in [-0.3, -0.25) is 9.59 Å². The molecule has 0 radical (unpaired) electrons. The molecule has 1 heterocycles. The monoisotopic (exact) mass is 220 g/mol. The van der Waals surface area contributed by atoms with Crippen LogP contribution in [0.1, 0.15) is 11.6 Å². The lowest BCUT2D eigenvalue weighted by atomic mass is 10.0. The highest BCUT2D eigenvalue weighted by molar-refractivity contribution is 6.35. The summed E-state index contributed by atoms with van der Waals surface area (Å²) in [6, 6.07) is 7.16. The van der Waals surface area contributed by atoms with Crippen LogP contribution in [0.2, 0.25) is 0 Å². The molecule has 1 aromatic carbocycles. The lowest BCUT2D eigenvalue weighted by Gasteiger charge is -2.25. The Morgan fingerprint density at radius 1 is 1.25 bits per heavy atom. The van der Waals surface area contributed by atoms with Crippen molar-refractivity contribution in [3.8, 4) is 5.75 Å². The van der Waals surface area contributed by atoms with E-state index >= 15 is 0 Å². The Bertz CT molecular complexity index is 431. The number of piperazine rings is 1. The van der Waals surface area contributed by atoms with Crippen molar-refractivity contribution in [2.75, 3.05) is 13.7 Å². The van der Waals surface area contributed by atoms with Crippen molar-refractivity contribution in [3.63, 3.8) is 0 Å². The first-order chi connectivity index (χ1) is 7.72. The van der Waals surface area contributed by atoms with Crippen LogP contribution in [0.3, 0.4) is 0 Å². The molecule has 0 aliphatic carbocycles. The minimum absolute atomic E-state index is 0.235. The van der Waals surface area contributed by atoms with E-state index in [0.717, 1.165) is 5.56 Å². The zero-order valence-electron chi connectivity index (χ0n) is 8.82. The molecule has 1 fully saturated rings. The Balaban J connectivity index is 2.24. The number of benzene rings is 1. The first-order valence-corrected chi connectivity index (χ1v) is 4.94. The van der Waals surface area contributed by atoms with Crippen LogP contribution in [0.15, 0.2) is 24.3 Å². The van der Waals surface area contributed by atoms with E-state index < -0.39 is 11.8 Å². The molecule has 1 saturated heterocycles. The van der Waals surface area contributed by atoms with E-state index in [9.17, 15) is 9.59 Å². The van der Waals surface area contributed by atoms with Crippen LogP contribution in [-0.2, 0) is 9.59 Å². The van der Waals surface area contributed by atoms with Gasteiger partial charge in [0, 0.05) is 12.1 Å². The minimum atomic E-state index is -0.609. The van der Waals surface area contributed by atoms with Crippen LogP contribution in [0.25, 0.3) is 0 Å². The lowest BCUT2D eigenvalue weighted by molar-refractivity contribution is -0.141. The number of carbonyl (C=O) groups is 2. The van der Waals surface area contributed by atoms with Crippen molar-refractivity contribution in [3.05, 3.63) is 29.8 Å². The van der Waals surface area contributed by atoms with E-state index in [1.807, 2.05) is 24.3 Å². The maximum absolute atomic E-state index is 11.2. The van der Waals surface area contributed by atoms with Gasteiger partial charge in [0.1, 0.15) is 5.75 Å². The highest BCUT2D eigenvalue weighted by Crippen LogP contribution is 2.25. The lowest BCUT2D eigenvalue weighted by Crippen LogP contribution is -2.51. The van der Waals surface area contributed by atoms with Gasteiger partial charge in [-0.1, -0.05) is 18.2 Å². The van der Waals surface area contributed by atoms with Gasteiger partial charge >= 0.3 is 11.8 Å². The molecule has 0 spiro atoms. The third-order valence-corrected chi connectivity index (χ3v) is 2.49. The Morgan fingerprint density at radius 2 is 2.00 bits per heavy atom. The summed E-state index contributed by atoms with van der Waals surface area (Å²) >= 11 is 0. The Hall–Kier alpha value is -2.04. The zero-order valence-corrected chi connectivity index (χ0v) is 8.82. The molecular weight excluding hydrogens is 208 g/mol. The van der Waals surface area contributed by atoms with Crippen LogP contribution in [-0.4, -0.2) is 25.5 Å². The van der Waals surface area contributed by atoms with E-state index in [4.69, 9.17) is 4.74 Å². The van der Waals surface area contributed by atoms with Gasteiger partial charge < -0.3 is 15.4 Å². The molecule has 84 valence electrons. The van der Waals surface area contributed by atoms with E-state index in [-0.39, 0.29) is 6.04 Å². The van der Waals surface area contributed by atoms with Gasteiger partial charge in [-0.05, 0) is 6.07 Å². The van der Waals surface area contributed by atoms with Gasteiger partial charge in [0.15, 0.2) is 0 Å². The molecule has 1 unspecified atom stereocenters. The number of hydrogen-bond donors (Lipinski definition) is 2. The summed E-state index contributed by atoms with van der Waals surface area (Å²) in [6.07, 6.45) is 0. The van der Waals surface area contributed by atoms with Crippen LogP contribution in [0, 0.1) is 0 Å². The summed E-state index contributed by atoms with van der Waals surface area (Å²) in [6.45, 7) is 0.380. The van der Waals surface area contributed by atoms with E-state index in [0.29, 0.717) is 12.3 Å². The van der Waals surface area contributed by atoms with Gasteiger partial charge in [-0.15, -0.1) is 0 Å². The molecule has 0 saturated carbocycles. The summed E-state index contributed by atoms with van der Waals surface area (Å²) in [4.78, 5) is 22.2. The predicted octanol–water partition coefficient (Wildman–Crippen LogP) is -0.0177. The summed E-state index contributed by atoms with van der Waals surface area (Å²) in [5, 5.41) is 5.15. The highest BCUT2D eigenvalue weighted by Gasteiger charge is 2.27. The number of methoxy groups -OCH3 is 1. The van der Waals surface area contributed by atoms with Gasteiger partial charge in [0.2, 0.25) is 0 Å². The first-order valence-electron chi connectivity index (χ1n) is 4.94. The smallest absolute Gasteiger partial charge is 0.309 e. The molecule has 2 N–H and O–H groups in total. The topological polar surface area (TPSA) is 67.4 Å². The molecule has 1 atom stereocenters. The number of nitrogens with one attached hydrogen (secondary N) is 2. The molecule has 5 nitrogen and oxygen atoms in total. The average Bonchev–Trinajstić information content (AvgIpc) is 2.32. The molecule has 2 amide bonds. The van der Waals surface area contributed by atoms with Crippen LogP contribution in [0.5, 0.6) is 5.75 Å². The molecule has 1 aliphatic heterocycles. The predicted molar refractivity (Wildman–Crippen MR) is 56.9 cm³/mol. The Morgan fingerprint density at radius 3 is 2.69 bits per heavy atom. The van der Waals surface area contributed by atoms with Gasteiger partial charge in [0.25, 0.3) is 0 Å². The van der Waals surface area contributed by atoms with Gasteiger partial charge in [0.05, 0.1) is 13.2 Å². The van der Waals surface area contributed by atoms with Crippen molar-refractivity contribution in [2.45, 2.75) is 6.04 Å². The molecule has 5 heteroatoms. The summed E-state index contributed by atoms with van der Waals surface area (Å²) in [7, 11) is 1.57. The van der Waals surface area contributed by atoms with Crippen molar-refractivity contribution >= 4 is 11.8 Å². The van der Waals surface area contributed by atoms with Crippen molar-refractivity contribution in [1.29, 1.82) is 0 Å².